The van der Waals surface area contributed by atoms with Crippen LogP contribution in [-0.4, -0.2) is 26.3 Å². The quantitative estimate of drug-likeness (QED) is 0.776. The molecule has 1 unspecified atom stereocenters. The van der Waals surface area contributed by atoms with E-state index in [1.165, 1.54) is 6.42 Å². The van der Waals surface area contributed by atoms with E-state index in [1.54, 1.807) is 0 Å². The van der Waals surface area contributed by atoms with Crippen LogP contribution in [0, 0.1) is 0 Å². The van der Waals surface area contributed by atoms with Crippen molar-refractivity contribution in [1.82, 2.24) is 0 Å². The third-order valence-electron chi connectivity index (χ3n) is 3.10. The lowest BCUT2D eigenvalue weighted by atomic mass is 10.1. The van der Waals surface area contributed by atoms with E-state index in [1.807, 2.05) is 18.2 Å². The summed E-state index contributed by atoms with van der Waals surface area (Å²) in [5.74, 6) is 0.478. The van der Waals surface area contributed by atoms with Crippen LogP contribution < -0.4 is 4.90 Å². The lowest BCUT2D eigenvalue weighted by molar-refractivity contribution is 0.116. The second-order valence-corrected chi connectivity index (χ2v) is 5.13. The molecule has 0 aromatic heterocycles. The topological polar surface area (TPSA) is 12.5 Å². The van der Waals surface area contributed by atoms with Gasteiger partial charge in [-0.25, -0.2) is 0 Å². The normalized spacial score (nSPS) is 19.6. The van der Waals surface area contributed by atoms with Gasteiger partial charge in [-0.15, -0.1) is 11.6 Å². The molecule has 0 N–H and O–H groups in total. The van der Waals surface area contributed by atoms with Crippen LogP contribution in [0.1, 0.15) is 18.4 Å². The molecule has 1 fully saturated rings. The van der Waals surface area contributed by atoms with Crippen molar-refractivity contribution >= 4 is 28.9 Å². The molecule has 1 atom stereocenters. The Labute approximate surface area is 112 Å². The Hall–Kier alpha value is -0.440. The minimum Gasteiger partial charge on any atom is -0.376 e. The van der Waals surface area contributed by atoms with Gasteiger partial charge in [-0.2, -0.15) is 0 Å². The van der Waals surface area contributed by atoms with Crippen LogP contribution in [0.4, 0.5) is 5.69 Å². The zero-order valence-electron chi connectivity index (χ0n) is 9.96. The lowest BCUT2D eigenvalue weighted by Crippen LogP contribution is -2.29. The molecule has 1 aliphatic rings. The summed E-state index contributed by atoms with van der Waals surface area (Å²) in [5.41, 5.74) is 2.21. The fourth-order valence-electron chi connectivity index (χ4n) is 2.23. The molecule has 1 heterocycles. The van der Waals surface area contributed by atoms with Crippen LogP contribution >= 0.6 is 23.2 Å². The highest BCUT2D eigenvalue weighted by Gasteiger charge is 2.18. The van der Waals surface area contributed by atoms with Crippen LogP contribution in [0.25, 0.3) is 0 Å². The highest BCUT2D eigenvalue weighted by Crippen LogP contribution is 2.26. The maximum atomic E-state index is 5.97. The number of ether oxygens (including phenoxy) is 1. The van der Waals surface area contributed by atoms with Crippen LogP contribution in [0.2, 0.25) is 5.02 Å². The minimum atomic E-state index is 0.346. The second-order valence-electron chi connectivity index (χ2n) is 4.42. The van der Waals surface area contributed by atoms with Gasteiger partial charge in [0.2, 0.25) is 0 Å². The van der Waals surface area contributed by atoms with Crippen molar-refractivity contribution in [2.24, 2.45) is 0 Å². The highest BCUT2D eigenvalue weighted by atomic mass is 35.5. The molecule has 0 bridgehead atoms. The Morgan fingerprint density at radius 2 is 2.29 bits per heavy atom. The maximum absolute atomic E-state index is 5.97. The van der Waals surface area contributed by atoms with Gasteiger partial charge in [0.05, 0.1) is 6.10 Å². The van der Waals surface area contributed by atoms with Crippen LogP contribution in [-0.2, 0) is 10.6 Å². The first-order valence-electron chi connectivity index (χ1n) is 5.88. The standard InChI is InChI=1S/C13H17Cl2NO/c1-16(9-12-3-2-6-17-12)13-5-4-11(15)7-10(13)8-14/h4-5,7,12H,2-3,6,8-9H2,1H3. The highest BCUT2D eigenvalue weighted by molar-refractivity contribution is 6.30. The number of hydrogen-bond acceptors (Lipinski definition) is 2. The van der Waals surface area contributed by atoms with Gasteiger partial charge in [-0.1, -0.05) is 11.6 Å². The molecular formula is C13H17Cl2NO. The Kier molecular flexibility index (Phi) is 4.55. The molecule has 0 aliphatic carbocycles. The van der Waals surface area contributed by atoms with Gasteiger partial charge in [0, 0.05) is 36.8 Å². The maximum Gasteiger partial charge on any atom is 0.0750 e. The van der Waals surface area contributed by atoms with Gasteiger partial charge in [0.25, 0.3) is 0 Å². The van der Waals surface area contributed by atoms with Crippen molar-refractivity contribution in [2.75, 3.05) is 25.1 Å². The van der Waals surface area contributed by atoms with Gasteiger partial charge < -0.3 is 9.64 Å². The first kappa shape index (κ1) is 13.0. The molecule has 1 aromatic carbocycles. The van der Waals surface area contributed by atoms with Crippen LogP contribution in [0.5, 0.6) is 0 Å². The van der Waals surface area contributed by atoms with Gasteiger partial charge >= 0.3 is 0 Å². The molecule has 0 amide bonds. The molecule has 4 heteroatoms. The van der Waals surface area contributed by atoms with Crippen LogP contribution in [0.3, 0.4) is 0 Å². The third kappa shape index (κ3) is 3.27. The average Bonchev–Trinajstić information content (AvgIpc) is 2.81. The number of nitrogens with zero attached hydrogens (tertiary/aromatic N) is 1. The summed E-state index contributed by atoms with van der Waals surface area (Å²) in [6.45, 7) is 1.80. The number of rotatable bonds is 4. The summed E-state index contributed by atoms with van der Waals surface area (Å²) in [4.78, 5) is 2.20. The molecule has 1 saturated heterocycles. The van der Waals surface area contributed by atoms with E-state index in [2.05, 4.69) is 11.9 Å². The largest absolute Gasteiger partial charge is 0.376 e. The van der Waals surface area contributed by atoms with Gasteiger partial charge in [0.15, 0.2) is 0 Å². The van der Waals surface area contributed by atoms with E-state index in [0.29, 0.717) is 12.0 Å². The number of benzene rings is 1. The fraction of sp³-hybridized carbons (Fsp3) is 0.538. The third-order valence-corrected chi connectivity index (χ3v) is 3.62. The van der Waals surface area contributed by atoms with E-state index in [-0.39, 0.29) is 0 Å². The molecule has 17 heavy (non-hydrogen) atoms. The first-order chi connectivity index (χ1) is 8.20. The summed E-state index contributed by atoms with van der Waals surface area (Å²) >= 11 is 11.9. The van der Waals surface area contributed by atoms with Crippen molar-refractivity contribution in [3.63, 3.8) is 0 Å². The van der Waals surface area contributed by atoms with Crippen molar-refractivity contribution in [3.8, 4) is 0 Å². The number of alkyl halides is 1. The number of halogens is 2. The van der Waals surface area contributed by atoms with Crippen molar-refractivity contribution in [3.05, 3.63) is 28.8 Å². The predicted octanol–water partition coefficient (Wildman–Crippen LogP) is 3.69. The SMILES string of the molecule is CN(CC1CCCO1)c1ccc(Cl)cc1CCl. The van der Waals surface area contributed by atoms with E-state index in [4.69, 9.17) is 27.9 Å². The Balaban J connectivity index is 2.09. The molecule has 1 aliphatic heterocycles. The predicted molar refractivity (Wildman–Crippen MR) is 73.3 cm³/mol. The molecular weight excluding hydrogens is 257 g/mol. The van der Waals surface area contributed by atoms with E-state index in [9.17, 15) is 0 Å². The molecule has 0 radical (unpaired) electrons. The second kappa shape index (κ2) is 5.94. The molecule has 1 aromatic rings. The minimum absolute atomic E-state index is 0.346. The zero-order chi connectivity index (χ0) is 12.3. The molecule has 0 saturated carbocycles. The van der Waals surface area contributed by atoms with E-state index >= 15 is 0 Å². The van der Waals surface area contributed by atoms with Crippen LogP contribution in [0.15, 0.2) is 18.2 Å². The molecule has 0 spiro atoms. The van der Waals surface area contributed by atoms with E-state index < -0.39 is 0 Å². The summed E-state index contributed by atoms with van der Waals surface area (Å²) < 4.78 is 5.64. The summed E-state index contributed by atoms with van der Waals surface area (Å²) in [5, 5.41) is 0.731. The molecule has 2 rings (SSSR count). The monoisotopic (exact) mass is 273 g/mol. The van der Waals surface area contributed by atoms with Gasteiger partial charge in [-0.3, -0.25) is 0 Å². The summed E-state index contributed by atoms with van der Waals surface area (Å²) in [7, 11) is 2.07. The van der Waals surface area contributed by atoms with Crippen molar-refractivity contribution in [1.29, 1.82) is 0 Å². The average molecular weight is 274 g/mol. The zero-order valence-corrected chi connectivity index (χ0v) is 11.5. The van der Waals surface area contributed by atoms with Crippen molar-refractivity contribution in [2.45, 2.75) is 24.8 Å². The molecule has 94 valence electrons. The fourth-order valence-corrected chi connectivity index (χ4v) is 2.63. The smallest absolute Gasteiger partial charge is 0.0750 e. The van der Waals surface area contributed by atoms with Gasteiger partial charge in [0.1, 0.15) is 0 Å². The number of hydrogen-bond donors (Lipinski definition) is 0. The summed E-state index contributed by atoms with van der Waals surface area (Å²) in [6, 6.07) is 5.85. The van der Waals surface area contributed by atoms with Gasteiger partial charge in [-0.05, 0) is 36.6 Å². The number of anilines is 1. The summed E-state index contributed by atoms with van der Waals surface area (Å²) in [6.07, 6.45) is 2.66. The first-order valence-corrected chi connectivity index (χ1v) is 6.79. The Morgan fingerprint density at radius 1 is 1.47 bits per heavy atom. The van der Waals surface area contributed by atoms with E-state index in [0.717, 1.165) is 35.8 Å². The Bertz CT molecular complexity index is 378. The molecule has 2 nitrogen and oxygen atoms in total. The van der Waals surface area contributed by atoms with Crippen molar-refractivity contribution < 1.29 is 4.74 Å². The lowest BCUT2D eigenvalue weighted by Gasteiger charge is -2.24. The Morgan fingerprint density at radius 3 is 2.94 bits per heavy atom. The number of likely N-dealkylation sites (N-methyl/N-ethyl adjacent to an activating group) is 1.